The molecule has 0 spiro atoms. The molecule has 0 bridgehead atoms. The maximum Gasteiger partial charge on any atom is 0.135 e. The Labute approximate surface area is 141 Å². The number of fused-ring (bicyclic) bond motifs is 1. The summed E-state index contributed by atoms with van der Waals surface area (Å²) in [4.78, 5) is 9.36. The van der Waals surface area contributed by atoms with Crippen molar-refractivity contribution in [2.75, 3.05) is 5.32 Å². The second kappa shape index (κ2) is 6.32. The Morgan fingerprint density at radius 1 is 1.04 bits per heavy atom. The number of aliphatic imine (C=N–C) groups is 1. The lowest BCUT2D eigenvalue weighted by Gasteiger charge is -2.24. The quantitative estimate of drug-likeness (QED) is 0.877. The molecule has 0 unspecified atom stereocenters. The molecule has 4 heteroatoms. The van der Waals surface area contributed by atoms with Crippen molar-refractivity contribution in [3.05, 3.63) is 58.2 Å². The Hall–Kier alpha value is -1.87. The van der Waals surface area contributed by atoms with Gasteiger partial charge in [-0.3, -0.25) is 4.99 Å². The molecule has 0 amide bonds. The lowest BCUT2D eigenvalue weighted by atomic mass is 9.94. The second-order valence-corrected chi connectivity index (χ2v) is 6.72. The number of rotatable bonds is 3. The van der Waals surface area contributed by atoms with E-state index in [0.29, 0.717) is 12.6 Å². The van der Waals surface area contributed by atoms with Crippen LogP contribution >= 0.6 is 11.6 Å². The monoisotopic (exact) mass is 325 g/mol. The van der Waals surface area contributed by atoms with Gasteiger partial charge < -0.3 is 5.32 Å². The third-order valence-electron chi connectivity index (χ3n) is 4.76. The molecule has 0 saturated heterocycles. The first-order valence-electron chi connectivity index (χ1n) is 8.37. The second-order valence-electron chi connectivity index (χ2n) is 6.32. The van der Waals surface area contributed by atoms with Crippen LogP contribution in [0.2, 0.25) is 5.02 Å². The molecular weight excluding hydrogens is 306 g/mol. The Morgan fingerprint density at radius 3 is 2.70 bits per heavy atom. The number of aromatic nitrogens is 1. The van der Waals surface area contributed by atoms with Gasteiger partial charge in [-0.2, -0.15) is 0 Å². The fraction of sp³-hybridized carbons (Fsp3) is 0.368. The number of halogens is 1. The molecule has 118 valence electrons. The molecule has 23 heavy (non-hydrogen) atoms. The number of anilines is 1. The molecule has 1 aliphatic heterocycles. The van der Waals surface area contributed by atoms with Crippen molar-refractivity contribution in [2.45, 2.75) is 44.7 Å². The zero-order valence-corrected chi connectivity index (χ0v) is 13.8. The minimum atomic E-state index is 0.524. The first kappa shape index (κ1) is 14.7. The summed E-state index contributed by atoms with van der Waals surface area (Å²) in [5.41, 5.74) is 4.32. The van der Waals surface area contributed by atoms with Crippen LogP contribution in [0.5, 0.6) is 0 Å². The van der Waals surface area contributed by atoms with E-state index in [1.54, 1.807) is 0 Å². The average molecular weight is 326 g/mol. The summed E-state index contributed by atoms with van der Waals surface area (Å²) < 4.78 is 0. The van der Waals surface area contributed by atoms with E-state index >= 15 is 0 Å². The molecule has 0 atom stereocenters. The molecular formula is C19H20ClN3. The van der Waals surface area contributed by atoms with Gasteiger partial charge in [0.2, 0.25) is 0 Å². The summed E-state index contributed by atoms with van der Waals surface area (Å²) in [6.45, 7) is 0.706. The molecule has 1 aliphatic carbocycles. The highest BCUT2D eigenvalue weighted by Gasteiger charge is 2.25. The fourth-order valence-corrected chi connectivity index (χ4v) is 3.79. The molecule has 2 aliphatic rings. The predicted octanol–water partition coefficient (Wildman–Crippen LogP) is 4.83. The van der Waals surface area contributed by atoms with Crippen LogP contribution in [0.3, 0.4) is 0 Å². The summed E-state index contributed by atoms with van der Waals surface area (Å²) >= 11 is 6.39. The van der Waals surface area contributed by atoms with Gasteiger partial charge in [-0.05, 0) is 30.5 Å². The molecule has 1 aromatic heterocycles. The van der Waals surface area contributed by atoms with Crippen molar-refractivity contribution in [2.24, 2.45) is 4.99 Å². The summed E-state index contributed by atoms with van der Waals surface area (Å²) in [6.07, 6.45) is 8.30. The Morgan fingerprint density at radius 2 is 1.87 bits per heavy atom. The van der Waals surface area contributed by atoms with Gasteiger partial charge in [0, 0.05) is 28.4 Å². The van der Waals surface area contributed by atoms with E-state index in [2.05, 4.69) is 16.4 Å². The van der Waals surface area contributed by atoms with E-state index < -0.39 is 0 Å². The van der Waals surface area contributed by atoms with Crippen LogP contribution in [0.25, 0.3) is 0 Å². The number of nitrogens with one attached hydrogen (secondary N) is 1. The van der Waals surface area contributed by atoms with E-state index in [1.165, 1.54) is 37.7 Å². The highest BCUT2D eigenvalue weighted by Crippen LogP contribution is 2.32. The molecule has 2 aromatic rings. The fourth-order valence-electron chi connectivity index (χ4n) is 3.56. The number of hydrogen-bond donors (Lipinski definition) is 1. The van der Waals surface area contributed by atoms with Crippen LogP contribution in [0.15, 0.2) is 41.5 Å². The van der Waals surface area contributed by atoms with Gasteiger partial charge in [-0.15, -0.1) is 0 Å². The minimum absolute atomic E-state index is 0.524. The largest absolute Gasteiger partial charge is 0.367 e. The summed E-state index contributed by atoms with van der Waals surface area (Å²) in [5.74, 6) is 0.963. The van der Waals surface area contributed by atoms with E-state index in [0.717, 1.165) is 27.7 Å². The third-order valence-corrected chi connectivity index (χ3v) is 5.09. The van der Waals surface area contributed by atoms with E-state index in [1.807, 2.05) is 30.5 Å². The average Bonchev–Trinajstić information content (AvgIpc) is 3.01. The highest BCUT2D eigenvalue weighted by molar-refractivity contribution is 6.36. The van der Waals surface area contributed by atoms with Gasteiger partial charge in [0.05, 0.1) is 12.3 Å². The Bertz CT molecular complexity index is 748. The van der Waals surface area contributed by atoms with Crippen LogP contribution in [0.1, 0.15) is 48.8 Å². The predicted molar refractivity (Wildman–Crippen MR) is 95.5 cm³/mol. The molecule has 2 heterocycles. The van der Waals surface area contributed by atoms with Crippen molar-refractivity contribution < 1.29 is 0 Å². The van der Waals surface area contributed by atoms with Gasteiger partial charge >= 0.3 is 0 Å². The van der Waals surface area contributed by atoms with Crippen LogP contribution < -0.4 is 5.32 Å². The summed E-state index contributed by atoms with van der Waals surface area (Å²) in [7, 11) is 0. The molecule has 1 aromatic carbocycles. The zero-order chi connectivity index (χ0) is 15.6. The van der Waals surface area contributed by atoms with Crippen LogP contribution in [-0.2, 0) is 6.54 Å². The van der Waals surface area contributed by atoms with Crippen molar-refractivity contribution in [1.29, 1.82) is 0 Å². The lowest BCUT2D eigenvalue weighted by molar-refractivity contribution is 0.462. The summed E-state index contributed by atoms with van der Waals surface area (Å²) in [5, 5.41) is 4.41. The molecule has 1 saturated carbocycles. The van der Waals surface area contributed by atoms with Gasteiger partial charge in [0.15, 0.2) is 0 Å². The van der Waals surface area contributed by atoms with Gasteiger partial charge in [0.1, 0.15) is 5.82 Å². The van der Waals surface area contributed by atoms with Crippen molar-refractivity contribution >= 4 is 23.1 Å². The van der Waals surface area contributed by atoms with Crippen LogP contribution in [0.4, 0.5) is 5.82 Å². The molecule has 0 radical (unpaired) electrons. The van der Waals surface area contributed by atoms with E-state index in [4.69, 9.17) is 16.6 Å². The van der Waals surface area contributed by atoms with Crippen LogP contribution in [-0.4, -0.2) is 16.7 Å². The number of nitrogens with zero attached hydrogens (tertiary/aromatic N) is 2. The highest BCUT2D eigenvalue weighted by atomic mass is 35.5. The van der Waals surface area contributed by atoms with Gasteiger partial charge in [0.25, 0.3) is 0 Å². The first-order valence-corrected chi connectivity index (χ1v) is 8.75. The topological polar surface area (TPSA) is 37.3 Å². The van der Waals surface area contributed by atoms with E-state index in [9.17, 15) is 0 Å². The minimum Gasteiger partial charge on any atom is -0.367 e. The molecule has 1 fully saturated rings. The smallest absolute Gasteiger partial charge is 0.135 e. The third kappa shape index (κ3) is 2.86. The maximum atomic E-state index is 6.39. The zero-order valence-electron chi connectivity index (χ0n) is 13.1. The van der Waals surface area contributed by atoms with Gasteiger partial charge in [-0.25, -0.2) is 4.98 Å². The maximum absolute atomic E-state index is 6.39. The standard InChI is InChI=1S/C19H20ClN3/c20-16-9-5-4-8-15(16)18-17-13(12-22-18)10-11-21-19(17)23-14-6-2-1-3-7-14/h4-5,8-11,14H,1-3,6-7,12H2,(H,21,23). The Balaban J connectivity index is 1.70. The van der Waals surface area contributed by atoms with Crippen molar-refractivity contribution in [3.8, 4) is 0 Å². The molecule has 3 nitrogen and oxygen atoms in total. The number of hydrogen-bond acceptors (Lipinski definition) is 3. The van der Waals surface area contributed by atoms with Crippen molar-refractivity contribution in [3.63, 3.8) is 0 Å². The van der Waals surface area contributed by atoms with Crippen molar-refractivity contribution in [1.82, 2.24) is 4.98 Å². The number of benzene rings is 1. The first-order chi connectivity index (χ1) is 11.3. The SMILES string of the molecule is Clc1ccccc1C1=NCc2ccnc(NC3CCCCC3)c21. The summed E-state index contributed by atoms with van der Waals surface area (Å²) in [6, 6.07) is 10.5. The van der Waals surface area contributed by atoms with E-state index in [-0.39, 0.29) is 0 Å². The number of pyridine rings is 1. The Kier molecular flexibility index (Phi) is 4.04. The van der Waals surface area contributed by atoms with Gasteiger partial charge in [-0.1, -0.05) is 49.1 Å². The molecule has 1 N–H and O–H groups in total. The van der Waals surface area contributed by atoms with Crippen LogP contribution in [0, 0.1) is 0 Å². The molecule has 4 rings (SSSR count). The lowest BCUT2D eigenvalue weighted by Crippen LogP contribution is -2.24. The normalized spacial score (nSPS) is 17.7.